The van der Waals surface area contributed by atoms with Crippen molar-refractivity contribution < 1.29 is 77.6 Å². The van der Waals surface area contributed by atoms with Crippen molar-refractivity contribution >= 4 is 238 Å². The Hall–Kier alpha value is -4.34. The van der Waals surface area contributed by atoms with Crippen LogP contribution in [0.4, 0.5) is 17.1 Å². The normalized spacial score (nSPS) is 18.9. The first-order valence-corrected chi connectivity index (χ1v) is 38.8. The lowest BCUT2D eigenvalue weighted by molar-refractivity contribution is -0.134. The molecule has 6 amide bonds. The molecule has 3 saturated heterocycles. The van der Waals surface area contributed by atoms with Gasteiger partial charge in [0.15, 0.2) is 0 Å². The largest absolute Gasteiger partial charge is 0.481 e. The van der Waals surface area contributed by atoms with Gasteiger partial charge in [-0.1, -0.05) is 179 Å². The number of carboxylic acid groups (broad SMARTS) is 1. The van der Waals surface area contributed by atoms with E-state index in [1.807, 2.05) is 36.4 Å². The molecule has 0 aliphatic carbocycles. The van der Waals surface area contributed by atoms with Gasteiger partial charge in [-0.05, 0) is 73.9 Å². The molecule has 0 aromatic heterocycles. The quantitative estimate of drug-likeness (QED) is 0.0333. The van der Waals surface area contributed by atoms with Crippen LogP contribution >= 0.6 is 120 Å². The second-order valence-corrected chi connectivity index (χ2v) is 32.8. The van der Waals surface area contributed by atoms with E-state index in [0.717, 1.165) is 145 Å². The number of nitrogens with zero attached hydrogens (tertiary/aromatic N) is 6. The number of halogens is 3. The van der Waals surface area contributed by atoms with Crippen LogP contribution < -0.4 is 14.7 Å². The van der Waals surface area contributed by atoms with Crippen LogP contribution in [0.3, 0.4) is 0 Å². The van der Waals surface area contributed by atoms with Gasteiger partial charge in [0.1, 0.15) is 13.0 Å². The molecule has 6 heterocycles. The van der Waals surface area contributed by atoms with Crippen LogP contribution in [0.2, 0.25) is 0 Å². The minimum atomic E-state index is -4.24. The predicted octanol–water partition coefficient (Wildman–Crippen LogP) is 10.4. The molecule has 0 unspecified atom stereocenters. The monoisotopic (exact) mass is 1610 g/mol. The summed E-state index contributed by atoms with van der Waals surface area (Å²) in [5, 5.41) is 7.42. The number of carbonyl (C=O) groups is 7. The van der Waals surface area contributed by atoms with Gasteiger partial charge >= 0.3 is 0 Å². The number of anilines is 3. The van der Waals surface area contributed by atoms with Crippen molar-refractivity contribution in [2.75, 3.05) is 71.2 Å². The summed E-state index contributed by atoms with van der Waals surface area (Å²) < 4.78 is 96.0. The van der Waals surface area contributed by atoms with E-state index in [4.69, 9.17) is 60.2 Å². The van der Waals surface area contributed by atoms with Crippen LogP contribution in [0.15, 0.2) is 82.7 Å². The van der Waals surface area contributed by atoms with E-state index in [1.54, 1.807) is 32.9 Å². The summed E-state index contributed by atoms with van der Waals surface area (Å²) in [6, 6.07) is 16.5. The number of fused-ring (bicyclic) bond motifs is 3. The van der Waals surface area contributed by atoms with Gasteiger partial charge in [0.2, 0.25) is 0 Å². The third kappa shape index (κ3) is 19.4. The van der Waals surface area contributed by atoms with Crippen LogP contribution in [0, 0.1) is 0 Å². The molecule has 91 heavy (non-hydrogen) atoms. The van der Waals surface area contributed by atoms with Crippen molar-refractivity contribution in [2.24, 2.45) is 0 Å². The van der Waals surface area contributed by atoms with Crippen LogP contribution in [0.1, 0.15) is 102 Å². The Kier molecular flexibility index (Phi) is 27.3. The predicted molar refractivity (Wildman–Crippen MR) is 377 cm³/mol. The molecule has 0 atom stereocenters. The summed E-state index contributed by atoms with van der Waals surface area (Å²) in [7, 11) is -12.7. The highest BCUT2D eigenvalue weighted by molar-refractivity contribution is 9.11. The lowest BCUT2D eigenvalue weighted by Crippen LogP contribution is -2.33. The van der Waals surface area contributed by atoms with E-state index in [0.29, 0.717) is 36.3 Å². The molecule has 23 nitrogen and oxygen atoms in total. The number of thioether (sulfide) groups is 3. The summed E-state index contributed by atoms with van der Waals surface area (Å²) in [6.45, 7) is 8.19. The van der Waals surface area contributed by atoms with Gasteiger partial charge in [-0.2, -0.15) is 25.3 Å². The van der Waals surface area contributed by atoms with Crippen LogP contribution in [-0.4, -0.2) is 170 Å². The molecule has 3 fully saturated rings. The number of carboxylic acids is 1. The number of hydrogen-bond donors (Lipinski definition) is 4. The summed E-state index contributed by atoms with van der Waals surface area (Å²) in [6.07, 6.45) is 8.58. The fourth-order valence-electron chi connectivity index (χ4n) is 9.64. The summed E-state index contributed by atoms with van der Waals surface area (Å²) in [5.74, 6) is -5.04. The van der Waals surface area contributed by atoms with E-state index < -0.39 is 71.3 Å². The average molecular weight is 1620 g/mol. The Balaban J connectivity index is 0.000000210. The van der Waals surface area contributed by atoms with E-state index in [1.165, 1.54) is 0 Å². The average Bonchev–Trinajstić information content (AvgIpc) is 1.62. The topological polar surface area (TPSA) is 322 Å². The van der Waals surface area contributed by atoms with Gasteiger partial charge in [0.05, 0.1) is 65.8 Å². The molecule has 0 spiro atoms. The molecular formula is C56H61Br3N6O17S9. The third-order valence-electron chi connectivity index (χ3n) is 13.8. The highest BCUT2D eigenvalue weighted by Gasteiger charge is 2.45. The van der Waals surface area contributed by atoms with Gasteiger partial charge in [0, 0.05) is 76.3 Å². The molecule has 0 saturated carbocycles. The first-order chi connectivity index (χ1) is 42.6. The van der Waals surface area contributed by atoms with E-state index in [-0.39, 0.29) is 81.8 Å². The highest BCUT2D eigenvalue weighted by Crippen LogP contribution is 2.49. The highest BCUT2D eigenvalue weighted by atomic mass is 79.9. The standard InChI is InChI=1S/3C18H19BrN2O5S3.C2H4O2/c3*1-2-3-4-7-20-13-6-5-11(19)10-12(13)14(16(20)22)15-17(23)21(18(27)28-15)8-9-29(24,25)26;1-2(3)4/h3*5-6,10H,2-4,7-9H2,1H3,(H,24,25,26);1H3,(H,3,4)/b3*15-14-;. The lowest BCUT2D eigenvalue weighted by Gasteiger charge is -2.16. The maximum absolute atomic E-state index is 13.2. The smallest absolute Gasteiger partial charge is 0.300 e. The zero-order valence-corrected chi connectivity index (χ0v) is 61.1. The Morgan fingerprint density at radius 1 is 0.418 bits per heavy atom. The second-order valence-electron chi connectivity index (χ2n) is 20.4. The first kappa shape index (κ1) is 75.7. The Morgan fingerprint density at radius 2 is 0.648 bits per heavy atom. The zero-order valence-electron chi connectivity index (χ0n) is 49.0. The number of rotatable bonds is 21. The van der Waals surface area contributed by atoms with E-state index in [9.17, 15) is 54.0 Å². The van der Waals surface area contributed by atoms with Gasteiger partial charge in [-0.3, -0.25) is 61.9 Å². The van der Waals surface area contributed by atoms with Crippen molar-refractivity contribution in [2.45, 2.75) is 85.5 Å². The molecule has 3 aromatic carbocycles. The van der Waals surface area contributed by atoms with Crippen molar-refractivity contribution in [3.8, 4) is 0 Å². The van der Waals surface area contributed by atoms with Crippen molar-refractivity contribution in [1.29, 1.82) is 0 Å². The molecule has 492 valence electrons. The maximum Gasteiger partial charge on any atom is 0.300 e. The Labute approximate surface area is 581 Å². The molecule has 9 rings (SSSR count). The van der Waals surface area contributed by atoms with Crippen molar-refractivity contribution in [3.63, 3.8) is 0 Å². The molecular weight excluding hydrogens is 1560 g/mol. The number of benzene rings is 3. The second kappa shape index (κ2) is 32.9. The van der Waals surface area contributed by atoms with Gasteiger partial charge in [-0.25, -0.2) is 0 Å². The van der Waals surface area contributed by atoms with Crippen molar-refractivity contribution in [1.82, 2.24) is 14.7 Å². The minimum Gasteiger partial charge on any atom is -0.481 e. The van der Waals surface area contributed by atoms with E-state index in [2.05, 4.69) is 68.6 Å². The van der Waals surface area contributed by atoms with Gasteiger partial charge < -0.3 is 19.8 Å². The molecule has 35 heteroatoms. The third-order valence-corrected chi connectivity index (χ3v) is 21.8. The van der Waals surface area contributed by atoms with Gasteiger partial charge in [0.25, 0.3) is 71.8 Å². The van der Waals surface area contributed by atoms with Crippen LogP contribution in [0.5, 0.6) is 0 Å². The number of unbranched alkanes of at least 4 members (excludes halogenated alkanes) is 6. The number of hydrogen-bond acceptors (Lipinski definition) is 19. The summed E-state index contributed by atoms with van der Waals surface area (Å²) >= 11 is 28.9. The fourth-order valence-corrected chi connectivity index (χ4v) is 16.1. The molecule has 6 aliphatic heterocycles. The minimum absolute atomic E-state index is 0.162. The Morgan fingerprint density at radius 3 is 0.857 bits per heavy atom. The number of aliphatic carboxylic acids is 1. The number of thiocarbonyl (C=S) groups is 3. The zero-order chi connectivity index (χ0) is 67.6. The molecule has 4 N–H and O–H groups in total. The number of carbonyl (C=O) groups excluding carboxylic acids is 6. The maximum atomic E-state index is 13.2. The summed E-state index contributed by atoms with van der Waals surface area (Å²) in [4.78, 5) is 96.4. The number of amides is 6. The van der Waals surface area contributed by atoms with Crippen LogP contribution in [0.25, 0.3) is 16.7 Å². The molecule has 0 radical (unpaired) electrons. The lowest BCUT2D eigenvalue weighted by atomic mass is 10.1. The Bertz CT molecular complexity index is 3570. The van der Waals surface area contributed by atoms with Gasteiger partial charge in [-0.15, -0.1) is 0 Å². The molecule has 0 bridgehead atoms. The van der Waals surface area contributed by atoms with Crippen molar-refractivity contribution in [3.05, 3.63) is 99.4 Å². The molecule has 3 aromatic rings. The fraction of sp³-hybridized carbons (Fsp3) is 0.393. The molecule has 6 aliphatic rings. The van der Waals surface area contributed by atoms with Crippen LogP contribution in [-0.2, 0) is 63.9 Å². The SMILES string of the molecule is CC(=O)O.CCCCCN1C(=O)/C(=C2\SC(=S)N(CCS(=O)(=O)O)C2=O)c2cc(Br)ccc21.CCCCCN1C(=O)/C(=C2\SC(=S)N(CCS(=O)(=O)O)C2=O)c2cc(Br)ccc21.CCCCCN1C(=O)/C(=C2\SC(=S)N(CCS(=O)(=O)O)C2=O)c2cc(Br)ccc21. The van der Waals surface area contributed by atoms with E-state index >= 15 is 0 Å². The first-order valence-electron chi connectivity index (χ1n) is 27.9. The summed E-state index contributed by atoms with van der Waals surface area (Å²) in [5.41, 5.74) is 5.02.